The van der Waals surface area contributed by atoms with Crippen LogP contribution in [0, 0.1) is 6.92 Å². The fourth-order valence-corrected chi connectivity index (χ4v) is 2.61. The number of rotatable bonds is 4. The minimum absolute atomic E-state index is 0.565. The number of nitrogens with one attached hydrogen (secondary N) is 1. The van der Waals surface area contributed by atoms with Gasteiger partial charge in [0.1, 0.15) is 5.75 Å². The predicted molar refractivity (Wildman–Crippen MR) is 76.6 cm³/mol. The van der Waals surface area contributed by atoms with Crippen LogP contribution in [0.25, 0.3) is 0 Å². The summed E-state index contributed by atoms with van der Waals surface area (Å²) in [7, 11) is 6.00. The van der Waals surface area contributed by atoms with E-state index in [1.54, 1.807) is 7.11 Å². The molecule has 0 saturated carbocycles. The largest absolute Gasteiger partial charge is 0.495 e. The van der Waals surface area contributed by atoms with Crippen molar-refractivity contribution in [1.82, 2.24) is 4.90 Å². The van der Waals surface area contributed by atoms with E-state index in [4.69, 9.17) is 4.74 Å². The summed E-state index contributed by atoms with van der Waals surface area (Å²) in [6.07, 6.45) is 3.56. The average molecular weight is 248 g/mol. The molecular formula is C15H24N2O. The Balaban J connectivity index is 2.14. The van der Waals surface area contributed by atoms with E-state index < -0.39 is 0 Å². The van der Waals surface area contributed by atoms with Gasteiger partial charge in [0, 0.05) is 6.04 Å². The summed E-state index contributed by atoms with van der Waals surface area (Å²) in [5.41, 5.74) is 4.01. The number of ether oxygens (including phenoxy) is 1. The van der Waals surface area contributed by atoms with Crippen LogP contribution in [0.1, 0.15) is 24.0 Å². The van der Waals surface area contributed by atoms with Crippen molar-refractivity contribution in [1.29, 1.82) is 0 Å². The molecule has 1 atom stereocenters. The Labute approximate surface area is 110 Å². The van der Waals surface area contributed by atoms with E-state index in [0.717, 1.165) is 18.7 Å². The third-order valence-corrected chi connectivity index (χ3v) is 3.74. The van der Waals surface area contributed by atoms with Crippen LogP contribution in [0.4, 0.5) is 5.69 Å². The second-order valence-electron chi connectivity index (χ2n) is 5.41. The topological polar surface area (TPSA) is 24.5 Å². The summed E-state index contributed by atoms with van der Waals surface area (Å²) in [4.78, 5) is 2.24. The van der Waals surface area contributed by atoms with Gasteiger partial charge in [-0.05, 0) is 64.0 Å². The minimum Gasteiger partial charge on any atom is -0.495 e. The van der Waals surface area contributed by atoms with Gasteiger partial charge >= 0.3 is 0 Å². The van der Waals surface area contributed by atoms with Crippen LogP contribution in [-0.4, -0.2) is 38.7 Å². The molecule has 1 aliphatic rings. The number of anilines is 1. The van der Waals surface area contributed by atoms with Crippen molar-refractivity contribution in [2.75, 3.05) is 33.1 Å². The molecule has 0 saturated heterocycles. The number of aryl methyl sites for hydroxylation is 1. The van der Waals surface area contributed by atoms with Crippen LogP contribution < -0.4 is 10.1 Å². The van der Waals surface area contributed by atoms with Crippen molar-refractivity contribution in [3.63, 3.8) is 0 Å². The molecule has 0 spiro atoms. The van der Waals surface area contributed by atoms with Crippen molar-refractivity contribution in [2.45, 2.75) is 32.2 Å². The van der Waals surface area contributed by atoms with Gasteiger partial charge in [-0.1, -0.05) is 6.07 Å². The molecule has 2 rings (SSSR count). The normalized spacial score (nSPS) is 18.4. The maximum absolute atomic E-state index is 5.47. The third-order valence-electron chi connectivity index (χ3n) is 3.74. The highest BCUT2D eigenvalue weighted by Crippen LogP contribution is 2.36. The number of benzene rings is 1. The molecule has 18 heavy (non-hydrogen) atoms. The lowest BCUT2D eigenvalue weighted by Gasteiger charge is -2.30. The SMILES string of the molecule is COc1ccc(C)c2c1NC(CCN(C)C)CC2. The fraction of sp³-hybridized carbons (Fsp3) is 0.600. The summed E-state index contributed by atoms with van der Waals surface area (Å²) >= 11 is 0. The van der Waals surface area contributed by atoms with Gasteiger partial charge in [-0.15, -0.1) is 0 Å². The highest BCUT2D eigenvalue weighted by Gasteiger charge is 2.21. The zero-order valence-electron chi connectivity index (χ0n) is 11.9. The second-order valence-corrected chi connectivity index (χ2v) is 5.41. The van der Waals surface area contributed by atoms with Crippen molar-refractivity contribution < 1.29 is 4.74 Å². The second kappa shape index (κ2) is 5.61. The van der Waals surface area contributed by atoms with Gasteiger partial charge in [0.2, 0.25) is 0 Å². The summed E-state index contributed by atoms with van der Waals surface area (Å²) in [5.74, 6) is 0.977. The molecule has 1 heterocycles. The Morgan fingerprint density at radius 3 is 2.83 bits per heavy atom. The molecule has 0 aromatic heterocycles. The number of nitrogens with zero attached hydrogens (tertiary/aromatic N) is 1. The lowest BCUT2D eigenvalue weighted by atomic mass is 9.92. The molecule has 1 unspecified atom stereocenters. The molecule has 0 amide bonds. The molecule has 1 aromatic carbocycles. The van der Waals surface area contributed by atoms with Crippen molar-refractivity contribution >= 4 is 5.69 Å². The van der Waals surface area contributed by atoms with Gasteiger partial charge in [0.15, 0.2) is 0 Å². The highest BCUT2D eigenvalue weighted by molar-refractivity contribution is 5.66. The zero-order valence-corrected chi connectivity index (χ0v) is 11.9. The first-order valence-corrected chi connectivity index (χ1v) is 6.69. The van der Waals surface area contributed by atoms with Gasteiger partial charge in [-0.3, -0.25) is 0 Å². The van der Waals surface area contributed by atoms with E-state index in [9.17, 15) is 0 Å². The number of fused-ring (bicyclic) bond motifs is 1. The number of hydrogen-bond acceptors (Lipinski definition) is 3. The summed E-state index contributed by atoms with van der Waals surface area (Å²) in [6, 6.07) is 4.78. The molecular weight excluding hydrogens is 224 g/mol. The van der Waals surface area contributed by atoms with Gasteiger partial charge in [-0.25, -0.2) is 0 Å². The third kappa shape index (κ3) is 2.78. The monoisotopic (exact) mass is 248 g/mol. The van der Waals surface area contributed by atoms with Crippen LogP contribution in [0.5, 0.6) is 5.75 Å². The molecule has 3 heteroatoms. The maximum Gasteiger partial charge on any atom is 0.142 e. The predicted octanol–water partition coefficient (Wildman–Crippen LogP) is 2.68. The van der Waals surface area contributed by atoms with Crippen LogP contribution in [-0.2, 0) is 6.42 Å². The van der Waals surface area contributed by atoms with Gasteiger partial charge in [-0.2, -0.15) is 0 Å². The standard InChI is InChI=1S/C15H24N2O/c1-11-5-8-14(18-4)15-13(11)7-6-12(16-15)9-10-17(2)3/h5,8,12,16H,6-7,9-10H2,1-4H3. The molecule has 0 bridgehead atoms. The molecule has 1 aliphatic heterocycles. The van der Waals surface area contributed by atoms with Crippen molar-refractivity contribution in [3.05, 3.63) is 23.3 Å². The molecule has 3 nitrogen and oxygen atoms in total. The van der Waals surface area contributed by atoms with Crippen LogP contribution >= 0.6 is 0 Å². The summed E-state index contributed by atoms with van der Waals surface area (Å²) in [6.45, 7) is 3.31. The fourth-order valence-electron chi connectivity index (χ4n) is 2.61. The Morgan fingerprint density at radius 1 is 1.39 bits per heavy atom. The van der Waals surface area contributed by atoms with Gasteiger partial charge in [0.05, 0.1) is 12.8 Å². The lowest BCUT2D eigenvalue weighted by Crippen LogP contribution is -2.30. The molecule has 0 aliphatic carbocycles. The molecule has 1 N–H and O–H groups in total. The smallest absolute Gasteiger partial charge is 0.142 e. The van der Waals surface area contributed by atoms with E-state index in [-0.39, 0.29) is 0 Å². The molecule has 100 valence electrons. The highest BCUT2D eigenvalue weighted by atomic mass is 16.5. The number of hydrogen-bond donors (Lipinski definition) is 1. The van der Waals surface area contributed by atoms with E-state index in [1.165, 1.54) is 29.7 Å². The van der Waals surface area contributed by atoms with E-state index in [2.05, 4.69) is 43.4 Å². The minimum atomic E-state index is 0.565. The molecule has 0 radical (unpaired) electrons. The van der Waals surface area contributed by atoms with Gasteiger partial charge in [0.25, 0.3) is 0 Å². The van der Waals surface area contributed by atoms with Crippen LogP contribution in [0.2, 0.25) is 0 Å². The van der Waals surface area contributed by atoms with Gasteiger partial charge < -0.3 is 15.0 Å². The average Bonchev–Trinajstić information content (AvgIpc) is 2.37. The Kier molecular flexibility index (Phi) is 4.12. The Bertz CT molecular complexity index is 415. The van der Waals surface area contributed by atoms with E-state index in [1.807, 2.05) is 0 Å². The maximum atomic E-state index is 5.47. The number of methoxy groups -OCH3 is 1. The Morgan fingerprint density at radius 2 is 2.17 bits per heavy atom. The zero-order chi connectivity index (χ0) is 13.1. The first kappa shape index (κ1) is 13.2. The molecule has 0 fully saturated rings. The molecule has 1 aromatic rings. The Hall–Kier alpha value is -1.22. The first-order chi connectivity index (χ1) is 8.61. The summed E-state index contributed by atoms with van der Waals surface area (Å²) in [5, 5.41) is 3.66. The van der Waals surface area contributed by atoms with Crippen LogP contribution in [0.15, 0.2) is 12.1 Å². The van der Waals surface area contributed by atoms with Crippen molar-refractivity contribution in [2.24, 2.45) is 0 Å². The van der Waals surface area contributed by atoms with E-state index >= 15 is 0 Å². The quantitative estimate of drug-likeness (QED) is 0.886. The van der Waals surface area contributed by atoms with E-state index in [0.29, 0.717) is 6.04 Å². The van der Waals surface area contributed by atoms with Crippen molar-refractivity contribution in [3.8, 4) is 5.75 Å². The lowest BCUT2D eigenvalue weighted by molar-refractivity contribution is 0.377. The summed E-state index contributed by atoms with van der Waals surface area (Å²) < 4.78 is 5.47. The first-order valence-electron chi connectivity index (χ1n) is 6.69. The van der Waals surface area contributed by atoms with Crippen LogP contribution in [0.3, 0.4) is 0 Å².